The molecule has 0 unspecified atom stereocenters. The minimum absolute atomic E-state index is 0.101. The molecule has 0 bridgehead atoms. The molecule has 0 aliphatic carbocycles. The van der Waals surface area contributed by atoms with E-state index in [9.17, 15) is 19.7 Å². The largest absolute Gasteiger partial charge is 0.462 e. The maximum absolute atomic E-state index is 13.3. The zero-order chi connectivity index (χ0) is 21.7. The van der Waals surface area contributed by atoms with Crippen LogP contribution in [0.4, 0.5) is 10.8 Å². The van der Waals surface area contributed by atoms with Crippen molar-refractivity contribution in [2.45, 2.75) is 20.4 Å². The number of hydrogen-bond acceptors (Lipinski definition) is 7. The zero-order valence-electron chi connectivity index (χ0n) is 16.4. The van der Waals surface area contributed by atoms with Gasteiger partial charge in [0.15, 0.2) is 5.13 Å². The van der Waals surface area contributed by atoms with Crippen molar-refractivity contribution in [3.63, 3.8) is 0 Å². The van der Waals surface area contributed by atoms with E-state index in [-0.39, 0.29) is 30.3 Å². The fourth-order valence-corrected chi connectivity index (χ4v) is 3.72. The van der Waals surface area contributed by atoms with Crippen LogP contribution in [0.3, 0.4) is 0 Å². The SMILES string of the molecule is CCOC(=O)c1sc(N(Cc2ccccc2)C(=O)c2ccc([N+](=O)[O-])cc2)nc1C. The highest BCUT2D eigenvalue weighted by Crippen LogP contribution is 2.29. The molecule has 0 N–H and O–H groups in total. The summed E-state index contributed by atoms with van der Waals surface area (Å²) in [7, 11) is 0. The van der Waals surface area contributed by atoms with E-state index in [4.69, 9.17) is 4.74 Å². The lowest BCUT2D eigenvalue weighted by Gasteiger charge is -2.20. The quantitative estimate of drug-likeness (QED) is 0.316. The normalized spacial score (nSPS) is 10.5. The number of carbonyl (C=O) groups is 2. The van der Waals surface area contributed by atoms with Crippen molar-refractivity contribution < 1.29 is 19.2 Å². The van der Waals surface area contributed by atoms with Crippen LogP contribution in [0, 0.1) is 17.0 Å². The number of anilines is 1. The molecule has 3 rings (SSSR count). The van der Waals surface area contributed by atoms with Crippen molar-refractivity contribution in [2.75, 3.05) is 11.5 Å². The van der Waals surface area contributed by atoms with Gasteiger partial charge in [-0.05, 0) is 31.5 Å². The number of ether oxygens (including phenoxy) is 1. The van der Waals surface area contributed by atoms with Crippen LogP contribution in [0.15, 0.2) is 54.6 Å². The summed E-state index contributed by atoms with van der Waals surface area (Å²) < 4.78 is 5.07. The second-order valence-corrected chi connectivity index (χ2v) is 7.29. The Kier molecular flexibility index (Phi) is 6.53. The van der Waals surface area contributed by atoms with Crippen LogP contribution < -0.4 is 4.90 Å². The molecule has 0 saturated heterocycles. The predicted molar refractivity (Wildman–Crippen MR) is 113 cm³/mol. The number of nitrogens with zero attached hydrogens (tertiary/aromatic N) is 3. The highest BCUT2D eigenvalue weighted by molar-refractivity contribution is 7.17. The summed E-state index contributed by atoms with van der Waals surface area (Å²) in [4.78, 5) is 42.0. The average molecular weight is 425 g/mol. The van der Waals surface area contributed by atoms with Gasteiger partial charge in [-0.2, -0.15) is 0 Å². The number of thiazole rings is 1. The van der Waals surface area contributed by atoms with Crippen molar-refractivity contribution in [1.82, 2.24) is 4.98 Å². The topological polar surface area (TPSA) is 103 Å². The number of carbonyl (C=O) groups excluding carboxylic acids is 2. The van der Waals surface area contributed by atoms with Crippen LogP contribution in [0.2, 0.25) is 0 Å². The number of hydrogen-bond donors (Lipinski definition) is 0. The number of amides is 1. The van der Waals surface area contributed by atoms with Gasteiger partial charge in [0.05, 0.1) is 23.8 Å². The fourth-order valence-electron chi connectivity index (χ4n) is 2.76. The molecule has 2 aromatic carbocycles. The number of nitro groups is 1. The molecule has 1 aromatic heterocycles. The highest BCUT2D eigenvalue weighted by atomic mass is 32.1. The summed E-state index contributed by atoms with van der Waals surface area (Å²) in [5.41, 5.74) is 1.53. The molecule has 9 heteroatoms. The monoisotopic (exact) mass is 425 g/mol. The Labute approximate surface area is 176 Å². The molecule has 0 aliphatic heterocycles. The summed E-state index contributed by atoms with van der Waals surface area (Å²) in [5.74, 6) is -0.862. The van der Waals surface area contributed by atoms with Crippen molar-refractivity contribution >= 4 is 34.0 Å². The van der Waals surface area contributed by atoms with Crippen molar-refractivity contribution in [1.29, 1.82) is 0 Å². The number of aryl methyl sites for hydroxylation is 1. The van der Waals surface area contributed by atoms with Crippen LogP contribution >= 0.6 is 11.3 Å². The van der Waals surface area contributed by atoms with Gasteiger partial charge in [-0.15, -0.1) is 0 Å². The van der Waals surface area contributed by atoms with E-state index >= 15 is 0 Å². The molecule has 0 atom stereocenters. The molecule has 0 aliphatic rings. The first-order valence-corrected chi connectivity index (χ1v) is 9.97. The molecule has 1 amide bonds. The Morgan fingerprint density at radius 3 is 2.40 bits per heavy atom. The zero-order valence-corrected chi connectivity index (χ0v) is 17.2. The van der Waals surface area contributed by atoms with Gasteiger partial charge in [-0.1, -0.05) is 41.7 Å². The summed E-state index contributed by atoms with van der Waals surface area (Å²) in [5, 5.41) is 11.2. The Bertz CT molecular complexity index is 1060. The maximum atomic E-state index is 13.3. The van der Waals surface area contributed by atoms with Gasteiger partial charge in [0.25, 0.3) is 11.6 Å². The minimum Gasteiger partial charge on any atom is -0.462 e. The second kappa shape index (κ2) is 9.27. The van der Waals surface area contributed by atoms with E-state index < -0.39 is 10.9 Å². The molecule has 1 heterocycles. The van der Waals surface area contributed by atoms with E-state index in [0.29, 0.717) is 15.7 Å². The van der Waals surface area contributed by atoms with Crippen LogP contribution in [0.25, 0.3) is 0 Å². The van der Waals surface area contributed by atoms with E-state index in [1.807, 2.05) is 30.3 Å². The lowest BCUT2D eigenvalue weighted by Crippen LogP contribution is -2.30. The third-order valence-electron chi connectivity index (χ3n) is 4.23. The summed E-state index contributed by atoms with van der Waals surface area (Å²) in [6.45, 7) is 3.87. The molecular formula is C21H19N3O5S. The van der Waals surface area contributed by atoms with Gasteiger partial charge in [-0.25, -0.2) is 9.78 Å². The standard InChI is InChI=1S/C21H19N3O5S/c1-3-29-20(26)18-14(2)22-21(30-18)23(13-15-7-5-4-6-8-15)19(25)16-9-11-17(12-10-16)24(27)28/h4-12H,3,13H2,1-2H3. The van der Waals surface area contributed by atoms with E-state index in [1.54, 1.807) is 13.8 Å². The molecular weight excluding hydrogens is 406 g/mol. The Morgan fingerprint density at radius 2 is 1.80 bits per heavy atom. The second-order valence-electron chi connectivity index (χ2n) is 6.31. The first-order chi connectivity index (χ1) is 14.4. The van der Waals surface area contributed by atoms with E-state index in [0.717, 1.165) is 16.9 Å². The predicted octanol–water partition coefficient (Wildman–Crippen LogP) is 4.38. The average Bonchev–Trinajstić information content (AvgIpc) is 3.14. The fraction of sp³-hybridized carbons (Fsp3) is 0.190. The molecule has 154 valence electrons. The molecule has 3 aromatic rings. The Balaban J connectivity index is 1.98. The maximum Gasteiger partial charge on any atom is 0.350 e. The molecule has 0 radical (unpaired) electrons. The lowest BCUT2D eigenvalue weighted by molar-refractivity contribution is -0.384. The van der Waals surface area contributed by atoms with Crippen molar-refractivity contribution in [3.8, 4) is 0 Å². The number of benzene rings is 2. The molecule has 8 nitrogen and oxygen atoms in total. The van der Waals surface area contributed by atoms with Gasteiger partial charge in [0, 0.05) is 17.7 Å². The molecule has 0 saturated carbocycles. The Morgan fingerprint density at radius 1 is 1.13 bits per heavy atom. The Hall–Kier alpha value is -3.59. The number of nitro benzene ring substituents is 1. The van der Waals surface area contributed by atoms with Crippen LogP contribution in [0.5, 0.6) is 0 Å². The summed E-state index contributed by atoms with van der Waals surface area (Å²) in [6.07, 6.45) is 0. The third kappa shape index (κ3) is 4.69. The minimum atomic E-state index is -0.522. The van der Waals surface area contributed by atoms with E-state index in [2.05, 4.69) is 4.98 Å². The van der Waals surface area contributed by atoms with E-state index in [1.165, 1.54) is 29.2 Å². The smallest absolute Gasteiger partial charge is 0.350 e. The number of rotatable bonds is 7. The molecule has 0 spiro atoms. The van der Waals surface area contributed by atoms with Gasteiger partial charge in [-0.3, -0.25) is 19.8 Å². The number of esters is 1. The number of non-ortho nitro benzene ring substituents is 1. The van der Waals surface area contributed by atoms with Gasteiger partial charge in [0.1, 0.15) is 4.88 Å². The first-order valence-electron chi connectivity index (χ1n) is 9.15. The molecule has 30 heavy (non-hydrogen) atoms. The van der Waals surface area contributed by atoms with Gasteiger partial charge >= 0.3 is 5.97 Å². The van der Waals surface area contributed by atoms with Crippen LogP contribution in [0.1, 0.15) is 38.2 Å². The van der Waals surface area contributed by atoms with Gasteiger partial charge < -0.3 is 4.74 Å². The van der Waals surface area contributed by atoms with Crippen LogP contribution in [-0.2, 0) is 11.3 Å². The highest BCUT2D eigenvalue weighted by Gasteiger charge is 2.25. The van der Waals surface area contributed by atoms with Crippen LogP contribution in [-0.4, -0.2) is 28.4 Å². The lowest BCUT2D eigenvalue weighted by atomic mass is 10.1. The van der Waals surface area contributed by atoms with Crippen molar-refractivity contribution in [2.24, 2.45) is 0 Å². The molecule has 0 fully saturated rings. The summed E-state index contributed by atoms with van der Waals surface area (Å²) in [6, 6.07) is 14.7. The third-order valence-corrected chi connectivity index (χ3v) is 5.39. The van der Waals surface area contributed by atoms with Gasteiger partial charge in [0.2, 0.25) is 0 Å². The first kappa shape index (κ1) is 21.1. The summed E-state index contributed by atoms with van der Waals surface area (Å²) >= 11 is 1.08. The number of aromatic nitrogens is 1. The van der Waals surface area contributed by atoms with Crippen molar-refractivity contribution in [3.05, 3.63) is 86.4 Å².